The van der Waals surface area contributed by atoms with Gasteiger partial charge in [-0.25, -0.2) is 9.10 Å². The molecule has 1 aromatic rings. The average Bonchev–Trinajstić information content (AvgIpc) is 2.20. The summed E-state index contributed by atoms with van der Waals surface area (Å²) in [5.41, 5.74) is -2.01. The maximum atomic E-state index is 11.4. The van der Waals surface area contributed by atoms with E-state index in [2.05, 4.69) is 0 Å². The number of benzene rings is 1. The number of halogens is 2. The molecule has 0 spiro atoms. The first-order valence-electron chi connectivity index (χ1n) is 4.94. The van der Waals surface area contributed by atoms with Crippen molar-refractivity contribution >= 4 is 45.2 Å². The molecule has 0 saturated carbocycles. The van der Waals surface area contributed by atoms with Crippen LogP contribution in [-0.2, 0) is 15.1 Å². The number of carboxylic acid groups (broad SMARTS) is 1. The second-order valence-corrected chi connectivity index (χ2v) is 6.28. The molecule has 0 atom stereocenters. The van der Waals surface area contributed by atoms with E-state index >= 15 is 0 Å². The van der Waals surface area contributed by atoms with Crippen LogP contribution in [0.3, 0.4) is 0 Å². The molecule has 2 N–H and O–H groups in total. The molecule has 0 heterocycles. The summed E-state index contributed by atoms with van der Waals surface area (Å²) in [4.78, 5) is 11.2. The van der Waals surface area contributed by atoms with Gasteiger partial charge in [0.05, 0.1) is 15.7 Å². The minimum atomic E-state index is -4.80. The van der Waals surface area contributed by atoms with Crippen molar-refractivity contribution in [3.63, 3.8) is 0 Å². The van der Waals surface area contributed by atoms with Gasteiger partial charge < -0.3 is 5.11 Å². The van der Waals surface area contributed by atoms with Gasteiger partial charge in [0.25, 0.3) is 0 Å². The van der Waals surface area contributed by atoms with E-state index in [-0.39, 0.29) is 15.7 Å². The van der Waals surface area contributed by atoms with Crippen LogP contribution >= 0.6 is 23.2 Å². The quantitative estimate of drug-likeness (QED) is 0.828. The fourth-order valence-corrected chi connectivity index (χ4v) is 2.77. The fraction of sp³-hybridized carbons (Fsp3) is 0.300. The number of carboxylic acids is 1. The summed E-state index contributed by atoms with van der Waals surface area (Å²) < 4.78 is 32.4. The Hall–Kier alpha value is -1.02. The van der Waals surface area contributed by atoms with Crippen molar-refractivity contribution in [1.29, 1.82) is 0 Å². The highest BCUT2D eigenvalue weighted by molar-refractivity contribution is 7.87. The summed E-state index contributed by atoms with van der Waals surface area (Å²) in [5.74, 6) is -1.43. The summed E-state index contributed by atoms with van der Waals surface area (Å²) in [5, 5.41) is 9.29. The van der Waals surface area contributed by atoms with Gasteiger partial charge in [0.2, 0.25) is 0 Å². The predicted molar refractivity (Wildman–Crippen MR) is 72.2 cm³/mol. The standard InChI is InChI=1S/C10H11Cl2NO5S/c1-10(2,9(14)15)13(19(16,17)18)6-3-4-7(11)8(12)5-6/h3-5H,1-2H3,(H,14,15)(H,16,17,18). The van der Waals surface area contributed by atoms with Gasteiger partial charge in [-0.15, -0.1) is 0 Å². The highest BCUT2D eigenvalue weighted by atomic mass is 35.5. The number of hydrogen-bond donors (Lipinski definition) is 2. The summed E-state index contributed by atoms with van der Waals surface area (Å²) in [6, 6.07) is 3.70. The van der Waals surface area contributed by atoms with Gasteiger partial charge in [0, 0.05) is 0 Å². The topological polar surface area (TPSA) is 94.9 Å². The molecule has 0 aliphatic heterocycles. The molecule has 1 rings (SSSR count). The van der Waals surface area contributed by atoms with Gasteiger partial charge in [-0.05, 0) is 32.0 Å². The molecular formula is C10H11Cl2NO5S. The monoisotopic (exact) mass is 327 g/mol. The maximum Gasteiger partial charge on any atom is 0.361 e. The summed E-state index contributed by atoms with van der Waals surface area (Å²) in [7, 11) is -4.80. The Morgan fingerprint density at radius 2 is 1.79 bits per heavy atom. The van der Waals surface area contributed by atoms with Gasteiger partial charge in [0.1, 0.15) is 5.54 Å². The van der Waals surface area contributed by atoms with Crippen molar-refractivity contribution < 1.29 is 22.9 Å². The number of anilines is 1. The molecule has 0 aliphatic rings. The second kappa shape index (κ2) is 5.16. The summed E-state index contributed by atoms with van der Waals surface area (Å²) >= 11 is 11.5. The molecule has 106 valence electrons. The van der Waals surface area contributed by atoms with E-state index < -0.39 is 21.8 Å². The van der Waals surface area contributed by atoms with Crippen molar-refractivity contribution in [2.75, 3.05) is 4.31 Å². The predicted octanol–water partition coefficient (Wildman–Crippen LogP) is 2.47. The Kier molecular flexibility index (Phi) is 4.36. The molecule has 0 unspecified atom stereocenters. The largest absolute Gasteiger partial charge is 0.479 e. The van der Waals surface area contributed by atoms with Gasteiger partial charge in [-0.2, -0.15) is 8.42 Å². The van der Waals surface area contributed by atoms with Gasteiger partial charge in [-0.3, -0.25) is 4.55 Å². The minimum Gasteiger partial charge on any atom is -0.479 e. The van der Waals surface area contributed by atoms with Crippen molar-refractivity contribution in [3.8, 4) is 0 Å². The Bertz CT molecular complexity index is 614. The lowest BCUT2D eigenvalue weighted by molar-refractivity contribution is -0.141. The van der Waals surface area contributed by atoms with Crippen LogP contribution in [0, 0.1) is 0 Å². The fourth-order valence-electron chi connectivity index (χ4n) is 1.44. The first-order valence-corrected chi connectivity index (χ1v) is 7.09. The van der Waals surface area contributed by atoms with Crippen LogP contribution in [-0.4, -0.2) is 29.6 Å². The van der Waals surface area contributed by atoms with Gasteiger partial charge >= 0.3 is 16.3 Å². The van der Waals surface area contributed by atoms with Gasteiger partial charge in [-0.1, -0.05) is 23.2 Å². The normalized spacial score (nSPS) is 12.3. The third-order valence-corrected chi connectivity index (χ3v) is 4.27. The van der Waals surface area contributed by atoms with Crippen molar-refractivity contribution in [2.24, 2.45) is 0 Å². The van der Waals surface area contributed by atoms with E-state index in [1.165, 1.54) is 12.1 Å². The lowest BCUT2D eigenvalue weighted by atomic mass is 10.1. The molecule has 0 amide bonds. The highest BCUT2D eigenvalue weighted by Gasteiger charge is 2.42. The van der Waals surface area contributed by atoms with Crippen molar-refractivity contribution in [3.05, 3.63) is 28.2 Å². The zero-order valence-corrected chi connectivity index (χ0v) is 12.3. The zero-order valence-electron chi connectivity index (χ0n) is 9.96. The van der Waals surface area contributed by atoms with Crippen molar-refractivity contribution in [2.45, 2.75) is 19.4 Å². The van der Waals surface area contributed by atoms with Gasteiger partial charge in [0.15, 0.2) is 0 Å². The summed E-state index contributed by atoms with van der Waals surface area (Å²) in [6.45, 7) is 2.26. The molecule has 0 saturated heterocycles. The number of rotatable bonds is 4. The molecule has 0 radical (unpaired) electrons. The van der Waals surface area contributed by atoms with E-state index in [9.17, 15) is 17.8 Å². The molecule has 19 heavy (non-hydrogen) atoms. The first-order chi connectivity index (χ1) is 8.48. The van der Waals surface area contributed by atoms with Crippen LogP contribution in [0.15, 0.2) is 18.2 Å². The maximum absolute atomic E-state index is 11.4. The lowest BCUT2D eigenvalue weighted by Crippen LogP contribution is -2.53. The third-order valence-electron chi connectivity index (χ3n) is 2.40. The molecule has 6 nitrogen and oxygen atoms in total. The van der Waals surface area contributed by atoms with E-state index in [0.717, 1.165) is 19.9 Å². The van der Waals surface area contributed by atoms with E-state index in [1.54, 1.807) is 0 Å². The smallest absolute Gasteiger partial charge is 0.361 e. The zero-order chi connectivity index (χ0) is 15.0. The molecule has 0 aromatic heterocycles. The Morgan fingerprint density at radius 1 is 1.26 bits per heavy atom. The number of nitrogens with zero attached hydrogens (tertiary/aromatic N) is 1. The van der Waals surface area contributed by atoms with Crippen LogP contribution in [0.5, 0.6) is 0 Å². The van der Waals surface area contributed by atoms with E-state index in [1.807, 2.05) is 0 Å². The van der Waals surface area contributed by atoms with Crippen LogP contribution in [0.25, 0.3) is 0 Å². The number of carbonyl (C=O) groups is 1. The second-order valence-electron chi connectivity index (χ2n) is 4.20. The number of aliphatic carboxylic acids is 1. The Labute approximate surface area is 120 Å². The summed E-state index contributed by atoms with van der Waals surface area (Å²) in [6.07, 6.45) is 0. The van der Waals surface area contributed by atoms with Crippen LogP contribution in [0.2, 0.25) is 10.0 Å². The molecule has 9 heteroatoms. The highest BCUT2D eigenvalue weighted by Crippen LogP contribution is 2.32. The van der Waals surface area contributed by atoms with E-state index in [4.69, 9.17) is 28.3 Å². The molecule has 0 aliphatic carbocycles. The SMILES string of the molecule is CC(C)(C(=O)O)N(c1ccc(Cl)c(Cl)c1)S(=O)(=O)O. The number of hydrogen-bond acceptors (Lipinski definition) is 3. The lowest BCUT2D eigenvalue weighted by Gasteiger charge is -2.33. The first kappa shape index (κ1) is 16.0. The Balaban J connectivity index is 3.50. The Morgan fingerprint density at radius 3 is 2.16 bits per heavy atom. The van der Waals surface area contributed by atoms with E-state index in [0.29, 0.717) is 4.31 Å². The van der Waals surface area contributed by atoms with Crippen LogP contribution < -0.4 is 4.31 Å². The minimum absolute atomic E-state index is 0.0361. The van der Waals surface area contributed by atoms with Crippen LogP contribution in [0.1, 0.15) is 13.8 Å². The molecule has 0 fully saturated rings. The van der Waals surface area contributed by atoms with Crippen LogP contribution in [0.4, 0.5) is 5.69 Å². The molecule has 1 aromatic carbocycles. The molecule has 0 bridgehead atoms. The molecular weight excluding hydrogens is 317 g/mol. The third kappa shape index (κ3) is 3.30. The van der Waals surface area contributed by atoms with Crippen molar-refractivity contribution in [1.82, 2.24) is 0 Å². The average molecular weight is 328 g/mol.